The molecule has 4 nitrogen and oxygen atoms in total. The van der Waals surface area contributed by atoms with Crippen LogP contribution in [0.2, 0.25) is 25.2 Å². The smallest absolute Gasteiger partial charge is 0.334 e. The fourth-order valence-electron chi connectivity index (χ4n) is 3.08. The maximum absolute atomic E-state index is 5.68. The fraction of sp³-hybridized carbons (Fsp3) is 1.00. The van der Waals surface area contributed by atoms with Crippen LogP contribution >= 0.6 is 0 Å². The molecule has 0 heterocycles. The van der Waals surface area contributed by atoms with E-state index in [1.54, 1.807) is 14.2 Å². The van der Waals surface area contributed by atoms with Crippen molar-refractivity contribution in [2.75, 3.05) is 40.4 Å². The highest BCUT2D eigenvalue weighted by atomic mass is 28.4. The average Bonchev–Trinajstić information content (AvgIpc) is 2.47. The van der Waals surface area contributed by atoms with Crippen LogP contribution in [0.1, 0.15) is 27.7 Å². The highest BCUT2D eigenvalue weighted by Crippen LogP contribution is 2.27. The van der Waals surface area contributed by atoms with Crippen LogP contribution in [0.15, 0.2) is 0 Å². The van der Waals surface area contributed by atoms with Gasteiger partial charge in [-0.15, -0.1) is 0 Å². The SMILES string of the molecule is CCN(CC)[Si](C)(CC[Si](C)(OC)OC)N(CC)CC. The zero-order valence-electron chi connectivity index (χ0n) is 15.0. The van der Waals surface area contributed by atoms with Crippen LogP contribution in [-0.2, 0) is 8.85 Å². The van der Waals surface area contributed by atoms with Crippen LogP contribution in [-0.4, -0.2) is 66.5 Å². The van der Waals surface area contributed by atoms with Crippen molar-refractivity contribution < 1.29 is 8.85 Å². The topological polar surface area (TPSA) is 24.9 Å². The molecule has 0 aromatic rings. The van der Waals surface area contributed by atoms with Gasteiger partial charge in [0.1, 0.15) is 0 Å². The Morgan fingerprint density at radius 2 is 1.05 bits per heavy atom. The fourth-order valence-corrected chi connectivity index (χ4v) is 11.1. The van der Waals surface area contributed by atoms with E-state index in [1.807, 2.05) is 0 Å². The molecule has 0 unspecified atom stereocenters. The van der Waals surface area contributed by atoms with Crippen molar-refractivity contribution in [1.29, 1.82) is 0 Å². The first-order valence-electron chi connectivity index (χ1n) is 7.97. The summed E-state index contributed by atoms with van der Waals surface area (Å²) in [6, 6.07) is 2.30. The van der Waals surface area contributed by atoms with Gasteiger partial charge < -0.3 is 18.0 Å². The normalized spacial score (nSPS) is 13.5. The largest absolute Gasteiger partial charge is 0.398 e. The van der Waals surface area contributed by atoms with E-state index in [4.69, 9.17) is 8.85 Å². The van der Waals surface area contributed by atoms with E-state index in [1.165, 1.54) is 6.04 Å². The van der Waals surface area contributed by atoms with Gasteiger partial charge >= 0.3 is 8.56 Å². The summed E-state index contributed by atoms with van der Waals surface area (Å²) < 4.78 is 16.7. The number of hydrogen-bond donors (Lipinski definition) is 0. The second-order valence-corrected chi connectivity index (χ2v) is 13.4. The molecule has 0 N–H and O–H groups in total. The van der Waals surface area contributed by atoms with Gasteiger partial charge in [0.05, 0.1) is 0 Å². The summed E-state index contributed by atoms with van der Waals surface area (Å²) in [4.78, 5) is 0. The van der Waals surface area contributed by atoms with Crippen LogP contribution in [0.4, 0.5) is 0 Å². The average molecular weight is 321 g/mol. The third kappa shape index (κ3) is 4.92. The molecule has 0 aliphatic heterocycles. The van der Waals surface area contributed by atoms with E-state index in [2.05, 4.69) is 49.9 Å². The van der Waals surface area contributed by atoms with Crippen LogP contribution in [0.3, 0.4) is 0 Å². The molecule has 0 rings (SSSR count). The van der Waals surface area contributed by atoms with Gasteiger partial charge in [-0.05, 0) is 51.4 Å². The highest BCUT2D eigenvalue weighted by molar-refractivity contribution is 6.76. The third-order valence-electron chi connectivity index (χ3n) is 4.81. The van der Waals surface area contributed by atoms with E-state index in [9.17, 15) is 0 Å². The van der Waals surface area contributed by atoms with Crippen molar-refractivity contribution in [2.24, 2.45) is 0 Å². The van der Waals surface area contributed by atoms with Crippen LogP contribution in [0.25, 0.3) is 0 Å². The molecule has 0 radical (unpaired) electrons. The Morgan fingerprint density at radius 3 is 1.30 bits per heavy atom. The van der Waals surface area contributed by atoms with Crippen molar-refractivity contribution in [3.8, 4) is 0 Å². The maximum atomic E-state index is 5.68. The van der Waals surface area contributed by atoms with Gasteiger partial charge in [0.25, 0.3) is 0 Å². The summed E-state index contributed by atoms with van der Waals surface area (Å²) >= 11 is 0. The lowest BCUT2D eigenvalue weighted by molar-refractivity contribution is 0.249. The van der Waals surface area contributed by atoms with Crippen LogP contribution in [0.5, 0.6) is 0 Å². The highest BCUT2D eigenvalue weighted by Gasteiger charge is 2.41. The quantitative estimate of drug-likeness (QED) is 0.546. The molecule has 6 heteroatoms. The second kappa shape index (κ2) is 9.32. The van der Waals surface area contributed by atoms with Crippen molar-refractivity contribution in [2.45, 2.75) is 52.9 Å². The van der Waals surface area contributed by atoms with Crippen LogP contribution < -0.4 is 0 Å². The molecule has 0 saturated heterocycles. The Morgan fingerprint density at radius 1 is 0.700 bits per heavy atom. The lowest BCUT2D eigenvalue weighted by Crippen LogP contribution is -2.64. The first kappa shape index (κ1) is 20.3. The Bertz CT molecular complexity index is 244. The molecule has 0 aromatic heterocycles. The van der Waals surface area contributed by atoms with Gasteiger partial charge in [0, 0.05) is 14.2 Å². The summed E-state index contributed by atoms with van der Waals surface area (Å²) in [6.07, 6.45) is 0. The van der Waals surface area contributed by atoms with Gasteiger partial charge in [-0.2, -0.15) is 0 Å². The van der Waals surface area contributed by atoms with Gasteiger partial charge in [-0.25, -0.2) is 0 Å². The summed E-state index contributed by atoms with van der Waals surface area (Å²) in [5.74, 6) is 0. The van der Waals surface area contributed by atoms with Gasteiger partial charge in [-0.3, -0.25) is 0 Å². The molecule has 20 heavy (non-hydrogen) atoms. The molecule has 0 bridgehead atoms. The van der Waals surface area contributed by atoms with E-state index < -0.39 is 17.0 Å². The number of nitrogens with zero attached hydrogens (tertiary/aromatic N) is 2. The van der Waals surface area contributed by atoms with Crippen molar-refractivity contribution >= 4 is 17.0 Å². The minimum Gasteiger partial charge on any atom is -0.398 e. The predicted molar refractivity (Wildman–Crippen MR) is 92.7 cm³/mol. The molecule has 122 valence electrons. The molecule has 0 amide bonds. The summed E-state index contributed by atoms with van der Waals surface area (Å²) in [5, 5.41) is 0. The summed E-state index contributed by atoms with van der Waals surface area (Å²) in [7, 11) is 0.0124. The Kier molecular flexibility index (Phi) is 9.45. The van der Waals surface area contributed by atoms with Gasteiger partial charge in [0.2, 0.25) is 8.40 Å². The minimum absolute atomic E-state index is 1.08. The van der Waals surface area contributed by atoms with E-state index in [-0.39, 0.29) is 0 Å². The molecule has 0 saturated carbocycles. The Hall–Kier alpha value is 0.274. The molecule has 0 aliphatic rings. The van der Waals surface area contributed by atoms with Crippen LogP contribution in [0, 0.1) is 0 Å². The van der Waals surface area contributed by atoms with Gasteiger partial charge in [0.15, 0.2) is 0 Å². The van der Waals surface area contributed by atoms with E-state index in [0.717, 1.165) is 32.2 Å². The maximum Gasteiger partial charge on any atom is 0.334 e. The Labute approximate surface area is 128 Å². The number of hydrogen-bond acceptors (Lipinski definition) is 4. The van der Waals surface area contributed by atoms with Gasteiger partial charge in [-0.1, -0.05) is 27.7 Å². The zero-order chi connectivity index (χ0) is 15.8. The Balaban J connectivity index is 5.13. The van der Waals surface area contributed by atoms with Crippen molar-refractivity contribution in [3.05, 3.63) is 0 Å². The van der Waals surface area contributed by atoms with Crippen molar-refractivity contribution in [3.63, 3.8) is 0 Å². The lowest BCUT2D eigenvalue weighted by Gasteiger charge is -2.46. The zero-order valence-corrected chi connectivity index (χ0v) is 17.0. The summed E-state index contributed by atoms with van der Waals surface area (Å²) in [6.45, 7) is 18.3. The second-order valence-electron chi connectivity index (χ2n) is 5.60. The van der Waals surface area contributed by atoms with Crippen molar-refractivity contribution in [1.82, 2.24) is 9.13 Å². The molecule has 0 aliphatic carbocycles. The molecule has 0 atom stereocenters. The monoisotopic (exact) mass is 320 g/mol. The first-order chi connectivity index (χ1) is 9.37. The molecular weight excluding hydrogens is 284 g/mol. The summed E-state index contributed by atoms with van der Waals surface area (Å²) in [5.41, 5.74) is 0. The van der Waals surface area contributed by atoms with E-state index >= 15 is 0 Å². The van der Waals surface area contributed by atoms with E-state index in [0.29, 0.717) is 0 Å². The molecule has 0 aromatic carbocycles. The molecule has 0 fully saturated rings. The molecule has 0 spiro atoms. The number of rotatable bonds is 11. The third-order valence-corrected chi connectivity index (χ3v) is 13.4. The lowest BCUT2D eigenvalue weighted by atomic mass is 10.7. The minimum atomic E-state index is -1.97. The standard InChI is InChI=1S/C14H36N2O2Si2/c1-9-15(10-2)19(7,16(11-3)12-4)13-14-20(8,17-5)18-6/h9-14H2,1-8H3. The predicted octanol–water partition coefficient (Wildman–Crippen LogP) is 3.11. The first-order valence-corrected chi connectivity index (χ1v) is 13.1. The molecular formula is C14H36N2O2Si2.